The second-order valence-corrected chi connectivity index (χ2v) is 8.41. The summed E-state index contributed by atoms with van der Waals surface area (Å²) in [6, 6.07) is 7.16. The molecule has 36 heavy (non-hydrogen) atoms. The van der Waals surface area contributed by atoms with Gasteiger partial charge in [0.2, 0.25) is 5.88 Å². The van der Waals surface area contributed by atoms with E-state index >= 15 is 0 Å². The molecular formula is C22H21F5N6O3. The van der Waals surface area contributed by atoms with Crippen molar-refractivity contribution in [2.24, 2.45) is 0 Å². The summed E-state index contributed by atoms with van der Waals surface area (Å²) in [6.45, 7) is -0.0184. The van der Waals surface area contributed by atoms with Crippen molar-refractivity contribution in [2.75, 3.05) is 6.61 Å². The van der Waals surface area contributed by atoms with Crippen LogP contribution in [0.25, 0.3) is 11.3 Å². The van der Waals surface area contributed by atoms with Crippen LogP contribution >= 0.6 is 0 Å². The van der Waals surface area contributed by atoms with Gasteiger partial charge in [0, 0.05) is 18.1 Å². The fourth-order valence-corrected chi connectivity index (χ4v) is 3.49. The maximum Gasteiger partial charge on any atom is 0.422 e. The van der Waals surface area contributed by atoms with Gasteiger partial charge in [0.15, 0.2) is 23.8 Å². The molecule has 0 saturated carbocycles. The van der Waals surface area contributed by atoms with Crippen LogP contribution in [0.2, 0.25) is 0 Å². The van der Waals surface area contributed by atoms with Gasteiger partial charge in [-0.1, -0.05) is 6.07 Å². The van der Waals surface area contributed by atoms with E-state index in [1.807, 2.05) is 0 Å². The van der Waals surface area contributed by atoms with Gasteiger partial charge in [0.1, 0.15) is 17.8 Å². The van der Waals surface area contributed by atoms with Crippen molar-refractivity contribution in [3.05, 3.63) is 59.4 Å². The molecule has 3 heterocycles. The number of nitrogens with zero attached hydrogens (tertiary/aromatic N) is 6. The van der Waals surface area contributed by atoms with E-state index in [4.69, 9.17) is 4.74 Å². The van der Waals surface area contributed by atoms with Crippen LogP contribution < -0.4 is 9.47 Å². The third kappa shape index (κ3) is 5.70. The minimum atomic E-state index is -4.57. The maximum absolute atomic E-state index is 13.1. The molecule has 1 aromatic carbocycles. The molecule has 0 fully saturated rings. The lowest BCUT2D eigenvalue weighted by Gasteiger charge is -2.19. The summed E-state index contributed by atoms with van der Waals surface area (Å²) in [5, 5.41) is 18.8. The van der Waals surface area contributed by atoms with Crippen LogP contribution in [-0.2, 0) is 12.0 Å². The number of benzene rings is 1. The van der Waals surface area contributed by atoms with Crippen LogP contribution in [0.15, 0.2) is 36.7 Å². The highest BCUT2D eigenvalue weighted by Gasteiger charge is 2.30. The molecule has 0 aliphatic carbocycles. The minimum Gasteiger partial charge on any atom is -0.468 e. The van der Waals surface area contributed by atoms with Gasteiger partial charge in [-0.15, -0.1) is 5.10 Å². The second-order valence-electron chi connectivity index (χ2n) is 8.41. The molecule has 4 aromatic rings. The van der Waals surface area contributed by atoms with Gasteiger partial charge in [-0.05, 0) is 44.5 Å². The molecule has 4 rings (SSSR count). The Labute approximate surface area is 201 Å². The zero-order valence-electron chi connectivity index (χ0n) is 19.3. The molecule has 0 amide bonds. The Morgan fingerprint density at radius 3 is 2.44 bits per heavy atom. The maximum atomic E-state index is 13.1. The van der Waals surface area contributed by atoms with Crippen molar-refractivity contribution in [1.82, 2.24) is 29.4 Å². The molecule has 192 valence electrons. The Morgan fingerprint density at radius 2 is 1.83 bits per heavy atom. The lowest BCUT2D eigenvalue weighted by atomic mass is 10.00. The predicted octanol–water partition coefficient (Wildman–Crippen LogP) is 3.98. The molecule has 0 bridgehead atoms. The number of halogens is 5. The van der Waals surface area contributed by atoms with E-state index in [9.17, 15) is 27.1 Å². The molecule has 0 aliphatic heterocycles. The highest BCUT2D eigenvalue weighted by atomic mass is 19.4. The first-order valence-electron chi connectivity index (χ1n) is 10.6. The summed E-state index contributed by atoms with van der Waals surface area (Å²) >= 11 is 0. The largest absolute Gasteiger partial charge is 0.468 e. The third-order valence-electron chi connectivity index (χ3n) is 4.99. The molecule has 0 saturated heterocycles. The molecule has 1 N–H and O–H groups in total. The highest BCUT2D eigenvalue weighted by Crippen LogP contribution is 2.30. The molecular weight excluding hydrogens is 491 g/mol. The number of aromatic nitrogens is 6. The average Bonchev–Trinajstić information content (AvgIpc) is 3.36. The standard InChI is InChI=1S/C22H21F5N6O3/c1-12-28-11-32(30-12)15-6-4-13(8-16(15)36-20(23)24)9-17-29-19-14(21(2,3)34)5-7-18(33(19)31-17)35-10-22(25,26)27/h4-8,11,20,34H,9-10H2,1-3H3. The Morgan fingerprint density at radius 1 is 1.08 bits per heavy atom. The van der Waals surface area contributed by atoms with Crippen molar-refractivity contribution in [1.29, 1.82) is 0 Å². The molecule has 0 atom stereocenters. The SMILES string of the molecule is Cc1ncn(-c2ccc(Cc3nc4c(C(C)(C)O)ccc(OCC(F)(F)F)n4n3)cc2OC(F)F)n1. The van der Waals surface area contributed by atoms with E-state index in [0.29, 0.717) is 17.0 Å². The van der Waals surface area contributed by atoms with Gasteiger partial charge < -0.3 is 14.6 Å². The van der Waals surface area contributed by atoms with E-state index in [-0.39, 0.29) is 35.2 Å². The number of pyridine rings is 1. The smallest absolute Gasteiger partial charge is 0.422 e. The molecule has 14 heteroatoms. The number of alkyl halides is 5. The zero-order chi connectivity index (χ0) is 26.3. The lowest BCUT2D eigenvalue weighted by molar-refractivity contribution is -0.154. The fraction of sp³-hybridized carbons (Fsp3) is 0.364. The molecule has 0 unspecified atom stereocenters. The molecule has 0 radical (unpaired) electrons. The van der Waals surface area contributed by atoms with Crippen LogP contribution in [0.4, 0.5) is 22.0 Å². The first kappa shape index (κ1) is 25.3. The lowest BCUT2D eigenvalue weighted by Crippen LogP contribution is -2.21. The second kappa shape index (κ2) is 9.33. The topological polar surface area (TPSA) is 99.6 Å². The average molecular weight is 512 g/mol. The van der Waals surface area contributed by atoms with Crippen LogP contribution in [0.5, 0.6) is 11.6 Å². The van der Waals surface area contributed by atoms with Crippen molar-refractivity contribution < 1.29 is 36.5 Å². The summed E-state index contributed by atoms with van der Waals surface area (Å²) < 4.78 is 76.1. The quantitative estimate of drug-likeness (QED) is 0.357. The van der Waals surface area contributed by atoms with Crippen molar-refractivity contribution >= 4 is 5.65 Å². The van der Waals surface area contributed by atoms with Crippen LogP contribution in [0, 0.1) is 6.92 Å². The van der Waals surface area contributed by atoms with Crippen LogP contribution in [-0.4, -0.2) is 53.9 Å². The molecule has 0 spiro atoms. The number of fused-ring (bicyclic) bond motifs is 1. The Balaban J connectivity index is 1.72. The third-order valence-corrected chi connectivity index (χ3v) is 4.99. The monoisotopic (exact) mass is 512 g/mol. The van der Waals surface area contributed by atoms with Gasteiger partial charge >= 0.3 is 12.8 Å². The van der Waals surface area contributed by atoms with E-state index < -0.39 is 25.0 Å². The van der Waals surface area contributed by atoms with Crippen LogP contribution in [0.1, 0.15) is 36.6 Å². The van der Waals surface area contributed by atoms with E-state index in [0.717, 1.165) is 4.52 Å². The van der Waals surface area contributed by atoms with Crippen LogP contribution in [0.3, 0.4) is 0 Å². The zero-order valence-corrected chi connectivity index (χ0v) is 19.3. The van der Waals surface area contributed by atoms with Crippen molar-refractivity contribution in [2.45, 2.75) is 45.6 Å². The summed E-state index contributed by atoms with van der Waals surface area (Å²) in [5.74, 6) is 0.188. The highest BCUT2D eigenvalue weighted by molar-refractivity contribution is 5.53. The van der Waals surface area contributed by atoms with E-state index in [1.165, 1.54) is 49.1 Å². The molecule has 3 aromatic heterocycles. The van der Waals surface area contributed by atoms with Gasteiger partial charge in [0.25, 0.3) is 0 Å². The number of hydrogen-bond acceptors (Lipinski definition) is 7. The number of hydrogen-bond donors (Lipinski definition) is 1. The number of ether oxygens (including phenoxy) is 2. The van der Waals surface area contributed by atoms with Gasteiger partial charge in [-0.2, -0.15) is 31.6 Å². The first-order valence-corrected chi connectivity index (χ1v) is 10.6. The Hall–Kier alpha value is -3.81. The summed E-state index contributed by atoms with van der Waals surface area (Å²) in [4.78, 5) is 8.35. The van der Waals surface area contributed by atoms with Gasteiger partial charge in [0.05, 0.1) is 5.60 Å². The van der Waals surface area contributed by atoms with Gasteiger partial charge in [-0.3, -0.25) is 0 Å². The van der Waals surface area contributed by atoms with E-state index in [1.54, 1.807) is 13.0 Å². The Kier molecular flexibility index (Phi) is 6.56. The summed E-state index contributed by atoms with van der Waals surface area (Å²) in [7, 11) is 0. The minimum absolute atomic E-state index is 0.0158. The number of aliphatic hydroxyl groups is 1. The van der Waals surface area contributed by atoms with Crippen molar-refractivity contribution in [3.63, 3.8) is 0 Å². The van der Waals surface area contributed by atoms with Gasteiger partial charge in [-0.25, -0.2) is 14.6 Å². The normalized spacial score (nSPS) is 12.5. The molecule has 0 aliphatic rings. The summed E-state index contributed by atoms with van der Waals surface area (Å²) in [5.41, 5.74) is -0.279. The number of rotatable bonds is 8. The molecule has 9 nitrogen and oxygen atoms in total. The van der Waals surface area contributed by atoms with Crippen molar-refractivity contribution in [3.8, 4) is 17.3 Å². The van der Waals surface area contributed by atoms with E-state index in [2.05, 4.69) is 24.9 Å². The summed E-state index contributed by atoms with van der Waals surface area (Å²) in [6.07, 6.45) is -3.20. The Bertz CT molecular complexity index is 1380. The predicted molar refractivity (Wildman–Crippen MR) is 115 cm³/mol. The first-order chi connectivity index (χ1) is 16.8. The fourth-order valence-electron chi connectivity index (χ4n) is 3.49. The number of aryl methyl sites for hydroxylation is 1.